The Morgan fingerprint density at radius 3 is 2.68 bits per heavy atom. The van der Waals surface area contributed by atoms with Crippen LogP contribution < -0.4 is 0 Å². The minimum Gasteiger partial charge on any atom is -0.265 e. The number of piperidine rings is 1. The van der Waals surface area contributed by atoms with Crippen molar-refractivity contribution in [1.82, 2.24) is 13.6 Å². The van der Waals surface area contributed by atoms with Crippen molar-refractivity contribution in [2.75, 3.05) is 13.6 Å². The highest BCUT2D eigenvalue weighted by Crippen LogP contribution is 2.22. The third-order valence-electron chi connectivity index (χ3n) is 3.59. The lowest BCUT2D eigenvalue weighted by Gasteiger charge is -2.35. The Bertz CT molecular complexity index is 504. The molecule has 0 aromatic carbocycles. The molecule has 1 aliphatic rings. The minimum atomic E-state index is -3.36. The molecule has 1 aliphatic heterocycles. The van der Waals surface area contributed by atoms with Gasteiger partial charge in [0.2, 0.25) is 0 Å². The van der Waals surface area contributed by atoms with Crippen molar-refractivity contribution in [1.29, 1.82) is 0 Å². The van der Waals surface area contributed by atoms with E-state index < -0.39 is 10.2 Å². The van der Waals surface area contributed by atoms with Gasteiger partial charge >= 0.3 is 0 Å². The Balaban J connectivity index is 2.10. The molecule has 0 spiro atoms. The lowest BCUT2D eigenvalue weighted by atomic mass is 10.1. The molecule has 0 amide bonds. The molecule has 2 rings (SSSR count). The highest BCUT2D eigenvalue weighted by atomic mass is 32.2. The van der Waals surface area contributed by atoms with E-state index in [1.807, 2.05) is 19.1 Å². The van der Waals surface area contributed by atoms with Gasteiger partial charge in [0, 0.05) is 38.6 Å². The molecule has 19 heavy (non-hydrogen) atoms. The molecule has 1 aromatic heterocycles. The molecule has 5 nitrogen and oxygen atoms in total. The fourth-order valence-electron chi connectivity index (χ4n) is 2.42. The van der Waals surface area contributed by atoms with Crippen LogP contribution in [0.1, 0.15) is 31.7 Å². The lowest BCUT2D eigenvalue weighted by molar-refractivity contribution is 0.249. The zero-order valence-corrected chi connectivity index (χ0v) is 12.3. The molecule has 6 heteroatoms. The Labute approximate surface area is 115 Å². The van der Waals surface area contributed by atoms with Crippen molar-refractivity contribution in [3.05, 3.63) is 30.1 Å². The van der Waals surface area contributed by atoms with E-state index >= 15 is 0 Å². The van der Waals surface area contributed by atoms with Crippen LogP contribution in [0.15, 0.2) is 24.5 Å². The standard InChI is InChI=1S/C13H21N3O2S/c1-12-5-3-4-10-16(12)19(17,18)15(2)11-13-6-8-14-9-7-13/h6-9,12H,3-5,10-11H2,1-2H3/t12-/m0/s1. The van der Waals surface area contributed by atoms with Gasteiger partial charge in [-0.15, -0.1) is 0 Å². The molecule has 1 saturated heterocycles. The summed E-state index contributed by atoms with van der Waals surface area (Å²) in [5, 5.41) is 0. The van der Waals surface area contributed by atoms with Gasteiger partial charge in [0.1, 0.15) is 0 Å². The molecule has 1 atom stereocenters. The van der Waals surface area contributed by atoms with Gasteiger partial charge in [-0.1, -0.05) is 6.42 Å². The normalized spacial score (nSPS) is 21.7. The number of hydrogen-bond acceptors (Lipinski definition) is 3. The van der Waals surface area contributed by atoms with Crippen molar-refractivity contribution < 1.29 is 8.42 Å². The Morgan fingerprint density at radius 1 is 1.37 bits per heavy atom. The summed E-state index contributed by atoms with van der Waals surface area (Å²) in [7, 11) is -1.73. The van der Waals surface area contributed by atoms with Crippen LogP contribution in [0.3, 0.4) is 0 Å². The monoisotopic (exact) mass is 283 g/mol. The van der Waals surface area contributed by atoms with Crippen molar-refractivity contribution in [3.8, 4) is 0 Å². The second-order valence-corrected chi connectivity index (χ2v) is 7.06. The molecule has 0 unspecified atom stereocenters. The van der Waals surface area contributed by atoms with Crippen molar-refractivity contribution in [2.24, 2.45) is 0 Å². The molecule has 0 N–H and O–H groups in total. The first-order valence-corrected chi connectivity index (χ1v) is 8.03. The molecule has 2 heterocycles. The zero-order valence-electron chi connectivity index (χ0n) is 11.5. The third kappa shape index (κ3) is 3.32. The largest absolute Gasteiger partial charge is 0.282 e. The van der Waals surface area contributed by atoms with Gasteiger partial charge in [-0.2, -0.15) is 17.0 Å². The summed E-state index contributed by atoms with van der Waals surface area (Å²) in [5.41, 5.74) is 0.950. The van der Waals surface area contributed by atoms with E-state index in [9.17, 15) is 8.42 Å². The van der Waals surface area contributed by atoms with Crippen molar-refractivity contribution in [3.63, 3.8) is 0 Å². The third-order valence-corrected chi connectivity index (χ3v) is 5.64. The second kappa shape index (κ2) is 5.98. The smallest absolute Gasteiger partial charge is 0.265 e. The van der Waals surface area contributed by atoms with Crippen LogP contribution in [0.2, 0.25) is 0 Å². The Kier molecular flexibility index (Phi) is 4.54. The van der Waals surface area contributed by atoms with E-state index in [0.29, 0.717) is 13.1 Å². The molecule has 1 aromatic rings. The van der Waals surface area contributed by atoms with Gasteiger partial charge in [-0.25, -0.2) is 0 Å². The SMILES string of the molecule is C[C@H]1CCCCN1S(=O)(=O)N(C)Cc1ccncc1. The van der Waals surface area contributed by atoms with E-state index in [1.54, 1.807) is 23.7 Å². The van der Waals surface area contributed by atoms with E-state index in [0.717, 1.165) is 24.8 Å². The average Bonchev–Trinajstić information content (AvgIpc) is 2.40. The van der Waals surface area contributed by atoms with Crippen molar-refractivity contribution >= 4 is 10.2 Å². The molecular weight excluding hydrogens is 262 g/mol. The van der Waals surface area contributed by atoms with Crippen molar-refractivity contribution in [2.45, 2.75) is 38.8 Å². The maximum absolute atomic E-state index is 12.5. The molecule has 0 aliphatic carbocycles. The summed E-state index contributed by atoms with van der Waals surface area (Å²) in [6.45, 7) is 3.00. The molecule has 1 fully saturated rings. The van der Waals surface area contributed by atoms with Crippen LogP contribution >= 0.6 is 0 Å². The quantitative estimate of drug-likeness (QED) is 0.844. The van der Waals surface area contributed by atoms with Gasteiger partial charge in [0.05, 0.1) is 0 Å². The second-order valence-electron chi connectivity index (χ2n) is 5.07. The van der Waals surface area contributed by atoms with Gasteiger partial charge in [-0.3, -0.25) is 4.98 Å². The van der Waals surface area contributed by atoms with Gasteiger partial charge in [0.25, 0.3) is 10.2 Å². The van der Waals surface area contributed by atoms with Crippen LogP contribution in [0.5, 0.6) is 0 Å². The van der Waals surface area contributed by atoms with E-state index in [-0.39, 0.29) is 6.04 Å². The topological polar surface area (TPSA) is 53.5 Å². The van der Waals surface area contributed by atoms with E-state index in [1.165, 1.54) is 4.31 Å². The number of hydrogen-bond donors (Lipinski definition) is 0. The van der Waals surface area contributed by atoms with Crippen LogP contribution in [0.4, 0.5) is 0 Å². The average molecular weight is 283 g/mol. The first-order chi connectivity index (χ1) is 9.01. The van der Waals surface area contributed by atoms with E-state index in [4.69, 9.17) is 0 Å². The highest BCUT2D eigenvalue weighted by molar-refractivity contribution is 7.86. The highest BCUT2D eigenvalue weighted by Gasteiger charge is 2.32. The number of nitrogens with zero attached hydrogens (tertiary/aromatic N) is 3. The summed E-state index contributed by atoms with van der Waals surface area (Å²) in [6.07, 6.45) is 6.37. The number of rotatable bonds is 4. The minimum absolute atomic E-state index is 0.0960. The van der Waals surface area contributed by atoms with Crippen LogP contribution in [0.25, 0.3) is 0 Å². The van der Waals surface area contributed by atoms with Gasteiger partial charge < -0.3 is 0 Å². The Hall–Kier alpha value is -0.980. The van der Waals surface area contributed by atoms with Crippen LogP contribution in [0, 0.1) is 0 Å². The van der Waals surface area contributed by atoms with Gasteiger partial charge in [0.15, 0.2) is 0 Å². The predicted molar refractivity (Wildman–Crippen MR) is 74.6 cm³/mol. The Morgan fingerprint density at radius 2 is 2.05 bits per heavy atom. The van der Waals surface area contributed by atoms with Crippen LogP contribution in [-0.2, 0) is 16.8 Å². The number of pyridine rings is 1. The summed E-state index contributed by atoms with van der Waals surface area (Å²) >= 11 is 0. The summed E-state index contributed by atoms with van der Waals surface area (Å²) in [4.78, 5) is 3.94. The van der Waals surface area contributed by atoms with Crippen LogP contribution in [-0.4, -0.2) is 41.6 Å². The van der Waals surface area contributed by atoms with E-state index in [2.05, 4.69) is 4.98 Å². The molecule has 0 saturated carbocycles. The summed E-state index contributed by atoms with van der Waals surface area (Å²) in [5.74, 6) is 0. The maximum atomic E-state index is 12.5. The molecular formula is C13H21N3O2S. The zero-order chi connectivity index (χ0) is 13.9. The molecule has 0 radical (unpaired) electrons. The lowest BCUT2D eigenvalue weighted by Crippen LogP contribution is -2.48. The molecule has 0 bridgehead atoms. The summed E-state index contributed by atoms with van der Waals surface area (Å²) < 4.78 is 28.1. The first-order valence-electron chi connectivity index (χ1n) is 6.64. The number of aromatic nitrogens is 1. The maximum Gasteiger partial charge on any atom is 0.282 e. The van der Waals surface area contributed by atoms with Gasteiger partial charge in [-0.05, 0) is 37.5 Å². The predicted octanol–water partition coefficient (Wildman–Crippen LogP) is 1.63. The summed E-state index contributed by atoms with van der Waals surface area (Å²) in [6, 6.07) is 3.77. The fraction of sp³-hybridized carbons (Fsp3) is 0.615. The molecule has 106 valence electrons. The first kappa shape index (κ1) is 14.4. The fourth-order valence-corrected chi connectivity index (χ4v) is 4.01.